The first-order valence-electron chi connectivity index (χ1n) is 3.19. The van der Waals surface area contributed by atoms with Crippen molar-refractivity contribution in [3.63, 3.8) is 0 Å². The van der Waals surface area contributed by atoms with Gasteiger partial charge in [-0.25, -0.2) is 0 Å². The Morgan fingerprint density at radius 2 is 2.00 bits per heavy atom. The molecule has 0 fully saturated rings. The molecule has 1 amide bonds. The molecule has 0 rings (SSSR count). The number of ether oxygens (including phenoxy) is 1. The molecule has 0 heterocycles. The van der Waals surface area contributed by atoms with E-state index in [4.69, 9.17) is 10.5 Å². The quantitative estimate of drug-likeness (QED) is 0.469. The van der Waals surface area contributed by atoms with Gasteiger partial charge in [0.15, 0.2) is 5.76 Å². The molecule has 0 aromatic rings. The van der Waals surface area contributed by atoms with E-state index < -0.39 is 5.91 Å². The third-order valence-electron chi connectivity index (χ3n) is 0.967. The molecule has 0 bridgehead atoms. The van der Waals surface area contributed by atoms with Crippen LogP contribution in [0.2, 0.25) is 0 Å². The van der Waals surface area contributed by atoms with E-state index in [1.165, 1.54) is 0 Å². The second kappa shape index (κ2) is 3.93. The molecule has 0 saturated heterocycles. The Labute approximate surface area is 60.9 Å². The Bertz CT molecular complexity index is 157. The number of hydrogen-bond donors (Lipinski definition) is 1. The van der Waals surface area contributed by atoms with Crippen LogP contribution in [0.15, 0.2) is 11.3 Å². The summed E-state index contributed by atoms with van der Waals surface area (Å²) in [6.07, 6.45) is 0. The highest BCUT2D eigenvalue weighted by atomic mass is 16.5. The summed E-state index contributed by atoms with van der Waals surface area (Å²) in [7, 11) is 0. The molecule has 3 nitrogen and oxygen atoms in total. The van der Waals surface area contributed by atoms with Crippen molar-refractivity contribution in [1.82, 2.24) is 0 Å². The van der Waals surface area contributed by atoms with Crippen molar-refractivity contribution in [2.45, 2.75) is 20.8 Å². The van der Waals surface area contributed by atoms with E-state index in [9.17, 15) is 4.79 Å². The lowest BCUT2D eigenvalue weighted by Gasteiger charge is -2.05. The predicted octanol–water partition coefficient (Wildman–Crippen LogP) is 0.802. The van der Waals surface area contributed by atoms with Crippen molar-refractivity contribution in [3.8, 4) is 0 Å². The summed E-state index contributed by atoms with van der Waals surface area (Å²) >= 11 is 0. The van der Waals surface area contributed by atoms with Crippen LogP contribution in [0.5, 0.6) is 0 Å². The molecular weight excluding hydrogens is 130 g/mol. The van der Waals surface area contributed by atoms with Gasteiger partial charge in [-0.3, -0.25) is 4.79 Å². The van der Waals surface area contributed by atoms with E-state index in [0.29, 0.717) is 6.61 Å². The molecule has 3 heteroatoms. The first-order chi connectivity index (χ1) is 4.59. The van der Waals surface area contributed by atoms with Gasteiger partial charge in [0.1, 0.15) is 0 Å². The molecular formula is C7H13NO2. The van der Waals surface area contributed by atoms with E-state index >= 15 is 0 Å². The molecule has 0 unspecified atom stereocenters. The van der Waals surface area contributed by atoms with Crippen LogP contribution in [-0.2, 0) is 9.53 Å². The van der Waals surface area contributed by atoms with Crippen LogP contribution in [-0.4, -0.2) is 12.5 Å². The predicted molar refractivity (Wildman–Crippen MR) is 39.2 cm³/mol. The van der Waals surface area contributed by atoms with Gasteiger partial charge in [-0.05, 0) is 26.3 Å². The van der Waals surface area contributed by atoms with E-state index in [1.807, 2.05) is 6.92 Å². The van der Waals surface area contributed by atoms with Gasteiger partial charge in [-0.1, -0.05) is 0 Å². The third-order valence-corrected chi connectivity index (χ3v) is 0.967. The number of carbonyl (C=O) groups excluding carboxylic acids is 1. The monoisotopic (exact) mass is 143 g/mol. The summed E-state index contributed by atoms with van der Waals surface area (Å²) < 4.78 is 4.97. The number of hydrogen-bond acceptors (Lipinski definition) is 2. The molecule has 0 spiro atoms. The van der Waals surface area contributed by atoms with Crippen LogP contribution in [0.25, 0.3) is 0 Å². The second-order valence-electron chi connectivity index (χ2n) is 2.13. The number of carbonyl (C=O) groups is 1. The summed E-state index contributed by atoms with van der Waals surface area (Å²) in [5, 5.41) is 0. The maximum atomic E-state index is 10.6. The van der Waals surface area contributed by atoms with Gasteiger partial charge in [0.25, 0.3) is 5.91 Å². The number of primary amides is 1. The van der Waals surface area contributed by atoms with Crippen molar-refractivity contribution in [2.75, 3.05) is 6.61 Å². The smallest absolute Gasteiger partial charge is 0.283 e. The van der Waals surface area contributed by atoms with Crippen LogP contribution in [0.3, 0.4) is 0 Å². The van der Waals surface area contributed by atoms with Gasteiger partial charge in [-0.2, -0.15) is 0 Å². The number of amides is 1. The fourth-order valence-electron chi connectivity index (χ4n) is 0.606. The van der Waals surface area contributed by atoms with Crippen molar-refractivity contribution in [2.24, 2.45) is 5.73 Å². The van der Waals surface area contributed by atoms with Crippen LogP contribution in [0.1, 0.15) is 20.8 Å². The molecule has 0 atom stereocenters. The molecule has 0 saturated carbocycles. The molecule has 0 aliphatic carbocycles. The second-order valence-corrected chi connectivity index (χ2v) is 2.13. The van der Waals surface area contributed by atoms with E-state index in [-0.39, 0.29) is 5.76 Å². The van der Waals surface area contributed by atoms with Gasteiger partial charge >= 0.3 is 0 Å². The minimum Gasteiger partial charge on any atom is -0.488 e. The number of allylic oxidation sites excluding steroid dienone is 1. The first-order valence-corrected chi connectivity index (χ1v) is 3.19. The van der Waals surface area contributed by atoms with E-state index in [0.717, 1.165) is 5.57 Å². The number of nitrogens with two attached hydrogens (primary N) is 1. The largest absolute Gasteiger partial charge is 0.488 e. The van der Waals surface area contributed by atoms with Gasteiger partial charge in [0.2, 0.25) is 0 Å². The van der Waals surface area contributed by atoms with Gasteiger partial charge in [0.05, 0.1) is 6.61 Å². The van der Waals surface area contributed by atoms with Gasteiger partial charge in [-0.15, -0.1) is 0 Å². The van der Waals surface area contributed by atoms with Gasteiger partial charge < -0.3 is 10.5 Å². The summed E-state index contributed by atoms with van der Waals surface area (Å²) in [5.41, 5.74) is 5.82. The molecule has 2 N–H and O–H groups in total. The lowest BCUT2D eigenvalue weighted by molar-refractivity contribution is -0.117. The number of rotatable bonds is 3. The molecule has 0 aliphatic heterocycles. The highest BCUT2D eigenvalue weighted by Gasteiger charge is 2.05. The molecule has 58 valence electrons. The van der Waals surface area contributed by atoms with Crippen LogP contribution >= 0.6 is 0 Å². The average Bonchev–Trinajstić information content (AvgIpc) is 1.81. The Morgan fingerprint density at radius 3 is 2.10 bits per heavy atom. The highest BCUT2D eigenvalue weighted by Crippen LogP contribution is 2.03. The summed E-state index contributed by atoms with van der Waals surface area (Å²) in [4.78, 5) is 10.6. The lowest BCUT2D eigenvalue weighted by Crippen LogP contribution is -2.17. The zero-order valence-electron chi connectivity index (χ0n) is 6.60. The zero-order valence-corrected chi connectivity index (χ0v) is 6.60. The maximum absolute atomic E-state index is 10.6. The van der Waals surface area contributed by atoms with Crippen LogP contribution < -0.4 is 5.73 Å². The maximum Gasteiger partial charge on any atom is 0.283 e. The Morgan fingerprint density at radius 1 is 1.50 bits per heavy atom. The molecule has 10 heavy (non-hydrogen) atoms. The average molecular weight is 143 g/mol. The minimum absolute atomic E-state index is 0.280. The van der Waals surface area contributed by atoms with Crippen molar-refractivity contribution in [3.05, 3.63) is 11.3 Å². The zero-order chi connectivity index (χ0) is 8.15. The highest BCUT2D eigenvalue weighted by molar-refractivity contribution is 5.90. The minimum atomic E-state index is -0.498. The first kappa shape index (κ1) is 9.01. The van der Waals surface area contributed by atoms with Crippen LogP contribution in [0.4, 0.5) is 0 Å². The Hall–Kier alpha value is -0.990. The summed E-state index contributed by atoms with van der Waals surface area (Å²) in [5.74, 6) is -0.218. The molecule has 0 aromatic carbocycles. The SMILES string of the molecule is CCOC(C(N)=O)=C(C)C. The molecule has 0 aliphatic rings. The van der Waals surface area contributed by atoms with Crippen molar-refractivity contribution >= 4 is 5.91 Å². The molecule has 0 radical (unpaired) electrons. The summed E-state index contributed by atoms with van der Waals surface area (Å²) in [6, 6.07) is 0. The van der Waals surface area contributed by atoms with E-state index in [2.05, 4.69) is 0 Å². The topological polar surface area (TPSA) is 52.3 Å². The third kappa shape index (κ3) is 2.53. The lowest BCUT2D eigenvalue weighted by atomic mass is 10.3. The van der Waals surface area contributed by atoms with Crippen molar-refractivity contribution < 1.29 is 9.53 Å². The van der Waals surface area contributed by atoms with Gasteiger partial charge in [0, 0.05) is 0 Å². The fourth-order valence-corrected chi connectivity index (χ4v) is 0.606. The van der Waals surface area contributed by atoms with Crippen LogP contribution in [0, 0.1) is 0 Å². The fraction of sp³-hybridized carbons (Fsp3) is 0.571. The Kier molecular flexibility index (Phi) is 3.54. The summed E-state index contributed by atoms with van der Waals surface area (Å²) in [6.45, 7) is 5.86. The van der Waals surface area contributed by atoms with Crippen molar-refractivity contribution in [1.29, 1.82) is 0 Å². The van der Waals surface area contributed by atoms with E-state index in [1.54, 1.807) is 13.8 Å². The Balaban J connectivity index is 4.28. The molecule has 0 aromatic heterocycles. The standard InChI is InChI=1S/C7H13NO2/c1-4-10-6(5(2)3)7(8)9/h4H2,1-3H3,(H2,8,9). The normalized spacial score (nSPS) is 8.70.